The zero-order valence-electron chi connectivity index (χ0n) is 15.3. The number of fused-ring (bicyclic) bond motifs is 1. The van der Waals surface area contributed by atoms with Crippen LogP contribution in [0.3, 0.4) is 0 Å². The summed E-state index contributed by atoms with van der Waals surface area (Å²) < 4.78 is 21.7. The Balaban J connectivity index is 1.53. The van der Waals surface area contributed by atoms with Gasteiger partial charge in [0.25, 0.3) is 0 Å². The Morgan fingerprint density at radius 2 is 1.93 bits per heavy atom. The van der Waals surface area contributed by atoms with E-state index < -0.39 is 6.09 Å². The van der Waals surface area contributed by atoms with Crippen LogP contribution in [0.1, 0.15) is 15.9 Å². The van der Waals surface area contributed by atoms with Gasteiger partial charge in [-0.2, -0.15) is 0 Å². The van der Waals surface area contributed by atoms with Crippen molar-refractivity contribution in [3.05, 3.63) is 59.4 Å². The first-order chi connectivity index (χ1) is 13.7. The lowest BCUT2D eigenvalue weighted by atomic mass is 10.1. The van der Waals surface area contributed by atoms with Gasteiger partial charge >= 0.3 is 6.09 Å². The molecule has 0 saturated carbocycles. The molecule has 0 N–H and O–H groups in total. The summed E-state index contributed by atoms with van der Waals surface area (Å²) in [6.45, 7) is 1.97. The van der Waals surface area contributed by atoms with Gasteiger partial charge in [0.1, 0.15) is 17.2 Å². The van der Waals surface area contributed by atoms with E-state index in [1.807, 2.05) is 24.3 Å². The molecule has 7 heteroatoms. The van der Waals surface area contributed by atoms with Crippen molar-refractivity contribution in [1.29, 1.82) is 0 Å². The van der Waals surface area contributed by atoms with Crippen molar-refractivity contribution in [1.82, 2.24) is 4.90 Å². The summed E-state index contributed by atoms with van der Waals surface area (Å²) in [6.07, 6.45) is 1.19. The minimum atomic E-state index is -0.447. The molecule has 2 aromatic rings. The molecule has 0 aliphatic carbocycles. The van der Waals surface area contributed by atoms with Crippen molar-refractivity contribution in [2.75, 3.05) is 33.4 Å². The molecule has 1 saturated heterocycles. The molecule has 0 radical (unpaired) electrons. The second-order valence-electron chi connectivity index (χ2n) is 6.31. The van der Waals surface area contributed by atoms with Crippen molar-refractivity contribution in [3.63, 3.8) is 0 Å². The number of carbonyl (C=O) groups excluding carboxylic acids is 2. The number of ether oxygens (including phenoxy) is 4. The maximum absolute atomic E-state index is 12.6. The van der Waals surface area contributed by atoms with Crippen LogP contribution >= 0.6 is 0 Å². The highest BCUT2D eigenvalue weighted by molar-refractivity contribution is 6.14. The van der Waals surface area contributed by atoms with Crippen LogP contribution in [0.4, 0.5) is 4.79 Å². The van der Waals surface area contributed by atoms with E-state index in [4.69, 9.17) is 18.9 Å². The zero-order chi connectivity index (χ0) is 19.5. The van der Waals surface area contributed by atoms with Crippen LogP contribution in [0.15, 0.2) is 48.2 Å². The van der Waals surface area contributed by atoms with Crippen molar-refractivity contribution in [2.24, 2.45) is 0 Å². The first kappa shape index (κ1) is 18.1. The molecule has 0 atom stereocenters. The molecule has 0 bridgehead atoms. The van der Waals surface area contributed by atoms with Gasteiger partial charge in [-0.25, -0.2) is 4.79 Å². The summed E-state index contributed by atoms with van der Waals surface area (Å²) in [5, 5.41) is 0. The fourth-order valence-corrected chi connectivity index (χ4v) is 3.07. The summed E-state index contributed by atoms with van der Waals surface area (Å²) in [7, 11) is 1.57. The van der Waals surface area contributed by atoms with Gasteiger partial charge in [-0.3, -0.25) is 4.79 Å². The fourth-order valence-electron chi connectivity index (χ4n) is 3.07. The third-order valence-electron chi connectivity index (χ3n) is 4.54. The quantitative estimate of drug-likeness (QED) is 0.761. The number of benzene rings is 2. The first-order valence-corrected chi connectivity index (χ1v) is 8.91. The summed E-state index contributed by atoms with van der Waals surface area (Å²) in [5.41, 5.74) is 1.16. The Kier molecular flexibility index (Phi) is 4.99. The number of hydrogen-bond acceptors (Lipinski definition) is 6. The van der Waals surface area contributed by atoms with Gasteiger partial charge in [-0.1, -0.05) is 18.2 Å². The van der Waals surface area contributed by atoms with E-state index in [-0.39, 0.29) is 11.5 Å². The lowest BCUT2D eigenvalue weighted by Crippen LogP contribution is -2.42. The maximum atomic E-state index is 12.6. The summed E-state index contributed by atoms with van der Waals surface area (Å²) in [5.74, 6) is 1.28. The molecule has 2 aliphatic heterocycles. The third kappa shape index (κ3) is 3.57. The first-order valence-electron chi connectivity index (χ1n) is 8.91. The number of rotatable bonds is 3. The van der Waals surface area contributed by atoms with Crippen molar-refractivity contribution in [2.45, 2.75) is 0 Å². The highest BCUT2D eigenvalue weighted by atomic mass is 16.6. The molecule has 2 aromatic carbocycles. The van der Waals surface area contributed by atoms with E-state index in [1.54, 1.807) is 36.3 Å². The molecule has 7 nitrogen and oxygen atoms in total. The molecule has 2 aliphatic rings. The predicted molar refractivity (Wildman–Crippen MR) is 101 cm³/mol. The topological polar surface area (TPSA) is 74.3 Å². The number of para-hydroxylation sites is 1. The third-order valence-corrected chi connectivity index (χ3v) is 4.54. The number of hydrogen-bond donors (Lipinski definition) is 0. The van der Waals surface area contributed by atoms with Crippen LogP contribution in [-0.2, 0) is 4.74 Å². The Morgan fingerprint density at radius 1 is 1.14 bits per heavy atom. The van der Waals surface area contributed by atoms with E-state index in [2.05, 4.69) is 0 Å². The molecule has 28 heavy (non-hydrogen) atoms. The average molecular weight is 381 g/mol. The van der Waals surface area contributed by atoms with Crippen LogP contribution in [0.2, 0.25) is 0 Å². The van der Waals surface area contributed by atoms with Crippen LogP contribution in [0.25, 0.3) is 6.08 Å². The van der Waals surface area contributed by atoms with E-state index in [0.29, 0.717) is 49.1 Å². The number of methoxy groups -OCH3 is 1. The number of Topliss-reactive ketones (excluding diaryl/α,β-unsaturated/α-hetero) is 1. The molecular formula is C21H19NO6. The Labute approximate surface area is 162 Å². The highest BCUT2D eigenvalue weighted by Crippen LogP contribution is 2.35. The molecule has 2 heterocycles. The van der Waals surface area contributed by atoms with Gasteiger partial charge in [0.2, 0.25) is 5.78 Å². The monoisotopic (exact) mass is 381 g/mol. The van der Waals surface area contributed by atoms with Gasteiger partial charge in [-0.15, -0.1) is 0 Å². The van der Waals surface area contributed by atoms with Crippen LogP contribution in [-0.4, -0.2) is 50.2 Å². The van der Waals surface area contributed by atoms with Gasteiger partial charge in [-0.05, 0) is 24.3 Å². The van der Waals surface area contributed by atoms with Crippen molar-refractivity contribution in [3.8, 4) is 17.2 Å². The molecule has 4 rings (SSSR count). The van der Waals surface area contributed by atoms with Crippen molar-refractivity contribution < 1.29 is 28.5 Å². The second-order valence-corrected chi connectivity index (χ2v) is 6.31. The average Bonchev–Trinajstić information content (AvgIpc) is 3.04. The molecular weight excluding hydrogens is 362 g/mol. The molecule has 0 aromatic heterocycles. The minimum absolute atomic E-state index is 0.191. The largest absolute Gasteiger partial charge is 0.496 e. The number of carbonyl (C=O) groups is 2. The zero-order valence-corrected chi connectivity index (χ0v) is 15.3. The van der Waals surface area contributed by atoms with E-state index in [9.17, 15) is 9.59 Å². The van der Waals surface area contributed by atoms with E-state index in [1.165, 1.54) is 0 Å². The molecule has 1 fully saturated rings. The lowest BCUT2D eigenvalue weighted by Gasteiger charge is -2.25. The number of amides is 1. The molecule has 0 spiro atoms. The normalized spacial score (nSPS) is 17.2. The summed E-state index contributed by atoms with van der Waals surface area (Å²) >= 11 is 0. The number of allylic oxidation sites excluding steroid dienone is 1. The molecule has 1 amide bonds. The standard InChI is InChI=1S/C21H19NO6/c1-25-17-5-3-2-4-14(17)12-19-20(23)16-7-6-15(13-18(16)28-19)27-21(24)22-8-10-26-11-9-22/h2-7,12-13H,8-11H2,1H3/b19-12+. The number of nitrogens with zero attached hydrogens (tertiary/aromatic N) is 1. The van der Waals surface area contributed by atoms with Gasteiger partial charge in [0.15, 0.2) is 5.76 Å². The Hall–Kier alpha value is -3.32. The van der Waals surface area contributed by atoms with Crippen LogP contribution < -0.4 is 14.2 Å². The minimum Gasteiger partial charge on any atom is -0.496 e. The lowest BCUT2D eigenvalue weighted by molar-refractivity contribution is 0.0416. The molecule has 144 valence electrons. The fraction of sp³-hybridized carbons (Fsp3) is 0.238. The predicted octanol–water partition coefficient (Wildman–Crippen LogP) is 3.14. The maximum Gasteiger partial charge on any atom is 0.415 e. The van der Waals surface area contributed by atoms with Crippen LogP contribution in [0, 0.1) is 0 Å². The van der Waals surface area contributed by atoms with Crippen LogP contribution in [0.5, 0.6) is 17.2 Å². The van der Waals surface area contributed by atoms with Crippen molar-refractivity contribution >= 4 is 18.0 Å². The SMILES string of the molecule is COc1ccccc1/C=C1/Oc2cc(OC(=O)N3CCOCC3)ccc2C1=O. The summed E-state index contributed by atoms with van der Waals surface area (Å²) in [6, 6.07) is 12.1. The number of morpholine rings is 1. The van der Waals surface area contributed by atoms with Gasteiger partial charge in [0, 0.05) is 24.7 Å². The summed E-state index contributed by atoms with van der Waals surface area (Å²) in [4.78, 5) is 26.4. The Morgan fingerprint density at radius 3 is 2.71 bits per heavy atom. The van der Waals surface area contributed by atoms with E-state index in [0.717, 1.165) is 5.56 Å². The number of ketones is 1. The van der Waals surface area contributed by atoms with E-state index >= 15 is 0 Å². The smallest absolute Gasteiger partial charge is 0.415 e. The molecule has 0 unspecified atom stereocenters. The Bertz CT molecular complexity index is 946. The van der Waals surface area contributed by atoms with Gasteiger partial charge < -0.3 is 23.8 Å². The second kappa shape index (κ2) is 7.74. The van der Waals surface area contributed by atoms with Gasteiger partial charge in [0.05, 0.1) is 25.9 Å². The highest BCUT2D eigenvalue weighted by Gasteiger charge is 2.29.